The third-order valence-electron chi connectivity index (χ3n) is 12.7. The van der Waals surface area contributed by atoms with Crippen molar-refractivity contribution in [2.75, 3.05) is 0 Å². The molecular formula is C60H45N3O. The first kappa shape index (κ1) is 38.9. The van der Waals surface area contributed by atoms with Crippen molar-refractivity contribution in [1.82, 2.24) is 15.0 Å². The molecular weight excluding hydrogens is 779 g/mol. The maximum atomic E-state index is 7.25. The second-order valence-electron chi connectivity index (χ2n) is 16.5. The molecule has 2 heterocycles. The van der Waals surface area contributed by atoms with E-state index in [0.717, 1.165) is 74.2 Å². The summed E-state index contributed by atoms with van der Waals surface area (Å²) in [7, 11) is 0. The van der Waals surface area contributed by atoms with Crippen LogP contribution in [0.4, 0.5) is 0 Å². The monoisotopic (exact) mass is 823 g/mol. The number of ether oxygens (including phenoxy) is 1. The molecule has 8 aromatic carbocycles. The highest BCUT2D eigenvalue weighted by Gasteiger charge is 2.28. The normalized spacial score (nSPS) is 14.0. The Kier molecular flexibility index (Phi) is 10.2. The first-order valence-corrected chi connectivity index (χ1v) is 22.2. The van der Waals surface area contributed by atoms with E-state index in [9.17, 15) is 0 Å². The van der Waals surface area contributed by atoms with Crippen molar-refractivity contribution in [2.45, 2.75) is 32.6 Å². The van der Waals surface area contributed by atoms with Gasteiger partial charge in [-0.05, 0) is 118 Å². The van der Waals surface area contributed by atoms with Crippen molar-refractivity contribution >= 4 is 5.57 Å². The molecule has 306 valence electrons. The average molecular weight is 824 g/mol. The van der Waals surface area contributed by atoms with Crippen LogP contribution in [-0.4, -0.2) is 15.0 Å². The summed E-state index contributed by atoms with van der Waals surface area (Å²) in [5, 5.41) is 0. The molecule has 1 atom stereocenters. The minimum absolute atomic E-state index is 0.343. The number of hydrogen-bond donors (Lipinski definition) is 0. The fourth-order valence-corrected chi connectivity index (χ4v) is 9.57. The molecule has 1 aliphatic heterocycles. The third kappa shape index (κ3) is 7.13. The third-order valence-corrected chi connectivity index (χ3v) is 12.7. The predicted octanol–water partition coefficient (Wildman–Crippen LogP) is 15.7. The zero-order valence-electron chi connectivity index (χ0n) is 35.9. The Bertz CT molecular complexity index is 3200. The van der Waals surface area contributed by atoms with Crippen molar-refractivity contribution in [1.29, 1.82) is 0 Å². The lowest BCUT2D eigenvalue weighted by Crippen LogP contribution is -2.02. The van der Waals surface area contributed by atoms with Gasteiger partial charge >= 0.3 is 0 Å². The molecule has 0 bridgehead atoms. The first-order valence-electron chi connectivity index (χ1n) is 22.2. The molecule has 0 N–H and O–H groups in total. The SMILES string of the molecule is CC=CC(=CC)c1cc(-c2nc(-c3ccccc3)nc(-c3ccccc3)n2)c2c(c1)-c1ccccc1-c1cc(-c3ccc4c(c3)-c3ccccc3C(c3ccccc3)CC4)ccc1O2. The summed E-state index contributed by atoms with van der Waals surface area (Å²) in [5.74, 6) is 3.56. The van der Waals surface area contributed by atoms with Crippen LogP contribution in [-0.2, 0) is 6.42 Å². The van der Waals surface area contributed by atoms with Gasteiger partial charge in [-0.25, -0.2) is 15.0 Å². The summed E-state index contributed by atoms with van der Waals surface area (Å²) in [6, 6.07) is 67.0. The Morgan fingerprint density at radius 2 is 1.05 bits per heavy atom. The summed E-state index contributed by atoms with van der Waals surface area (Å²) in [4.78, 5) is 15.5. The van der Waals surface area contributed by atoms with E-state index in [1.165, 1.54) is 33.4 Å². The van der Waals surface area contributed by atoms with Crippen LogP contribution in [0.2, 0.25) is 0 Å². The van der Waals surface area contributed by atoms with Crippen molar-refractivity contribution in [3.63, 3.8) is 0 Å². The predicted molar refractivity (Wildman–Crippen MR) is 263 cm³/mol. The highest BCUT2D eigenvalue weighted by molar-refractivity contribution is 5.97. The van der Waals surface area contributed by atoms with Crippen molar-refractivity contribution in [3.05, 3.63) is 229 Å². The zero-order chi connectivity index (χ0) is 43.0. The van der Waals surface area contributed by atoms with Crippen LogP contribution in [0.1, 0.15) is 48.4 Å². The van der Waals surface area contributed by atoms with Gasteiger partial charge in [-0.2, -0.15) is 0 Å². The minimum atomic E-state index is 0.343. The first-order chi connectivity index (χ1) is 31.6. The van der Waals surface area contributed by atoms with E-state index in [4.69, 9.17) is 19.7 Å². The quantitative estimate of drug-likeness (QED) is 0.150. The number of allylic oxidation sites excluding steroid dienone is 4. The summed E-state index contributed by atoms with van der Waals surface area (Å²) in [6.45, 7) is 4.13. The highest BCUT2D eigenvalue weighted by Crippen LogP contribution is 2.52. The number of rotatable bonds is 7. The molecule has 11 rings (SSSR count). The lowest BCUT2D eigenvalue weighted by atomic mass is 9.85. The van der Waals surface area contributed by atoms with Crippen LogP contribution < -0.4 is 4.74 Å². The Morgan fingerprint density at radius 1 is 0.484 bits per heavy atom. The van der Waals surface area contributed by atoms with Crippen LogP contribution in [0, 0.1) is 0 Å². The lowest BCUT2D eigenvalue weighted by Gasteiger charge is -2.18. The molecule has 0 amide bonds. The van der Waals surface area contributed by atoms with E-state index >= 15 is 0 Å². The van der Waals surface area contributed by atoms with Gasteiger partial charge in [0.05, 0.1) is 5.56 Å². The minimum Gasteiger partial charge on any atom is -0.455 e. The number of aromatic nitrogens is 3. The Labute approximate surface area is 375 Å². The van der Waals surface area contributed by atoms with Crippen molar-refractivity contribution in [2.24, 2.45) is 0 Å². The fourth-order valence-electron chi connectivity index (χ4n) is 9.57. The molecule has 1 aliphatic carbocycles. The van der Waals surface area contributed by atoms with E-state index in [1.54, 1.807) is 0 Å². The van der Waals surface area contributed by atoms with Crippen LogP contribution in [0.3, 0.4) is 0 Å². The molecule has 0 radical (unpaired) electrons. The number of hydrogen-bond acceptors (Lipinski definition) is 4. The van der Waals surface area contributed by atoms with Gasteiger partial charge in [-0.1, -0.05) is 176 Å². The van der Waals surface area contributed by atoms with Crippen LogP contribution in [0.15, 0.2) is 206 Å². The molecule has 0 saturated carbocycles. The second kappa shape index (κ2) is 16.7. The molecule has 1 aromatic heterocycles. The summed E-state index contributed by atoms with van der Waals surface area (Å²) >= 11 is 0. The molecule has 0 fully saturated rings. The molecule has 9 aromatic rings. The lowest BCUT2D eigenvalue weighted by molar-refractivity contribution is 0.489. The maximum Gasteiger partial charge on any atom is 0.167 e. The van der Waals surface area contributed by atoms with Crippen LogP contribution in [0.25, 0.3) is 84.2 Å². The van der Waals surface area contributed by atoms with E-state index in [1.807, 2.05) is 60.7 Å². The number of benzene rings is 8. The average Bonchev–Trinajstić information content (AvgIpc) is 3.62. The van der Waals surface area contributed by atoms with Crippen LogP contribution in [0.5, 0.6) is 11.5 Å². The number of aryl methyl sites for hydroxylation is 1. The molecule has 4 heteroatoms. The highest BCUT2D eigenvalue weighted by atomic mass is 16.5. The summed E-state index contributed by atoms with van der Waals surface area (Å²) < 4.78 is 7.25. The zero-order valence-corrected chi connectivity index (χ0v) is 35.9. The largest absolute Gasteiger partial charge is 0.455 e. The van der Waals surface area contributed by atoms with Gasteiger partial charge in [-0.15, -0.1) is 0 Å². The van der Waals surface area contributed by atoms with E-state index < -0.39 is 0 Å². The Balaban J connectivity index is 1.08. The topological polar surface area (TPSA) is 47.9 Å². The van der Waals surface area contributed by atoms with Gasteiger partial charge < -0.3 is 4.74 Å². The molecule has 0 spiro atoms. The van der Waals surface area contributed by atoms with E-state index in [0.29, 0.717) is 29.1 Å². The van der Waals surface area contributed by atoms with E-state index in [-0.39, 0.29) is 0 Å². The maximum absolute atomic E-state index is 7.25. The van der Waals surface area contributed by atoms with Crippen LogP contribution >= 0.6 is 0 Å². The molecule has 4 nitrogen and oxygen atoms in total. The number of nitrogens with zero attached hydrogens (tertiary/aromatic N) is 3. The Hall–Kier alpha value is -7.95. The van der Waals surface area contributed by atoms with Crippen molar-refractivity contribution < 1.29 is 4.74 Å². The van der Waals surface area contributed by atoms with E-state index in [2.05, 4.69) is 159 Å². The Morgan fingerprint density at radius 3 is 1.72 bits per heavy atom. The molecule has 64 heavy (non-hydrogen) atoms. The van der Waals surface area contributed by atoms with Gasteiger partial charge in [0.25, 0.3) is 0 Å². The molecule has 2 aliphatic rings. The second-order valence-corrected chi connectivity index (χ2v) is 16.5. The van der Waals surface area contributed by atoms with Gasteiger partial charge in [0.15, 0.2) is 17.5 Å². The van der Waals surface area contributed by atoms with Gasteiger partial charge in [-0.3, -0.25) is 0 Å². The standard InChI is InChI=1S/C60H45N3O/c1-3-18-39(4-2)46-37-54-51-28-17-16-27-50(51)53-36-45(44-30-29-41-31-33-47(40-19-8-5-9-20-40)48-25-14-15-26-49(48)52(41)35-44)32-34-56(53)64-57(54)55(38-46)60-62-58(42-21-10-6-11-22-42)61-59(63-60)43-23-12-7-13-24-43/h3-30,32,34-38,47H,31,33H2,1-2H3. The molecule has 0 saturated heterocycles. The van der Waals surface area contributed by atoms with Crippen molar-refractivity contribution in [3.8, 4) is 90.2 Å². The summed E-state index contributed by atoms with van der Waals surface area (Å²) in [5.41, 5.74) is 18.0. The fraction of sp³-hybridized carbons (Fsp3) is 0.0833. The number of fused-ring (bicyclic) bond motifs is 8. The smallest absolute Gasteiger partial charge is 0.167 e. The van der Waals surface area contributed by atoms with Gasteiger partial charge in [0.1, 0.15) is 11.5 Å². The summed E-state index contributed by atoms with van der Waals surface area (Å²) in [6.07, 6.45) is 8.46. The van der Waals surface area contributed by atoms with Gasteiger partial charge in [0, 0.05) is 28.2 Å². The molecule has 1 unspecified atom stereocenters. The van der Waals surface area contributed by atoms with Gasteiger partial charge in [0.2, 0.25) is 0 Å².